The molecule has 1 unspecified atom stereocenters. The molecule has 0 amide bonds. The lowest BCUT2D eigenvalue weighted by Crippen LogP contribution is -1.95. The van der Waals surface area contributed by atoms with Crippen LogP contribution in [0.1, 0.15) is 31.7 Å². The maximum atomic E-state index is 11.4. The van der Waals surface area contributed by atoms with Gasteiger partial charge in [0.25, 0.3) is 0 Å². The Hall–Kier alpha value is -0.630. The van der Waals surface area contributed by atoms with Crippen LogP contribution < -0.4 is 0 Å². The SMILES string of the molecule is CCCCCc1ccccc1S(C)=O. The molecule has 1 rings (SSSR count). The molecule has 0 saturated carbocycles. The number of aryl methyl sites for hydroxylation is 1. The molecule has 0 aromatic heterocycles. The number of unbranched alkanes of at least 4 members (excludes halogenated alkanes) is 2. The Morgan fingerprint density at radius 3 is 2.57 bits per heavy atom. The molecule has 1 aromatic carbocycles. The van der Waals surface area contributed by atoms with Crippen LogP contribution in [0.3, 0.4) is 0 Å². The van der Waals surface area contributed by atoms with Gasteiger partial charge in [-0.3, -0.25) is 4.21 Å². The first-order valence-corrected chi connectivity index (χ1v) is 6.73. The molecule has 1 atom stereocenters. The molecule has 0 aliphatic heterocycles. The van der Waals surface area contributed by atoms with Gasteiger partial charge in [-0.1, -0.05) is 38.0 Å². The lowest BCUT2D eigenvalue weighted by Gasteiger charge is -2.05. The van der Waals surface area contributed by atoms with E-state index in [1.807, 2.05) is 18.2 Å². The maximum Gasteiger partial charge on any atom is 0.0500 e. The number of hydrogen-bond donors (Lipinski definition) is 0. The molecule has 1 aromatic rings. The van der Waals surface area contributed by atoms with Gasteiger partial charge in [0.1, 0.15) is 0 Å². The minimum Gasteiger partial charge on any atom is -0.255 e. The average molecular weight is 210 g/mol. The Kier molecular flexibility index (Phi) is 4.88. The molecule has 0 fully saturated rings. The summed E-state index contributed by atoms with van der Waals surface area (Å²) in [6.07, 6.45) is 6.50. The van der Waals surface area contributed by atoms with Crippen molar-refractivity contribution in [1.29, 1.82) is 0 Å². The van der Waals surface area contributed by atoms with Crippen LogP contribution in [-0.4, -0.2) is 10.5 Å². The van der Waals surface area contributed by atoms with E-state index in [-0.39, 0.29) is 0 Å². The fourth-order valence-electron chi connectivity index (χ4n) is 1.56. The summed E-state index contributed by atoms with van der Waals surface area (Å²) in [7, 11) is -0.846. The molecule has 0 aliphatic carbocycles. The van der Waals surface area contributed by atoms with Gasteiger partial charge in [0.2, 0.25) is 0 Å². The highest BCUT2D eigenvalue weighted by molar-refractivity contribution is 7.84. The molecule has 0 aliphatic rings. The second-order valence-corrected chi connectivity index (χ2v) is 4.87. The molecule has 14 heavy (non-hydrogen) atoms. The van der Waals surface area contributed by atoms with Crippen molar-refractivity contribution in [3.63, 3.8) is 0 Å². The summed E-state index contributed by atoms with van der Waals surface area (Å²) in [5.41, 5.74) is 1.25. The number of hydrogen-bond acceptors (Lipinski definition) is 1. The van der Waals surface area contributed by atoms with Crippen molar-refractivity contribution in [1.82, 2.24) is 0 Å². The zero-order valence-corrected chi connectivity index (χ0v) is 9.77. The minimum absolute atomic E-state index is 0.846. The van der Waals surface area contributed by atoms with E-state index in [4.69, 9.17) is 0 Å². The lowest BCUT2D eigenvalue weighted by atomic mass is 10.1. The van der Waals surface area contributed by atoms with E-state index in [0.717, 1.165) is 11.3 Å². The molecule has 2 heteroatoms. The molecule has 0 heterocycles. The third kappa shape index (κ3) is 3.26. The van der Waals surface area contributed by atoms with Crippen LogP contribution in [0.15, 0.2) is 29.2 Å². The fraction of sp³-hybridized carbons (Fsp3) is 0.500. The van der Waals surface area contributed by atoms with Crippen molar-refractivity contribution in [2.45, 2.75) is 37.5 Å². The van der Waals surface area contributed by atoms with Crippen LogP contribution in [0.2, 0.25) is 0 Å². The highest BCUT2D eigenvalue weighted by atomic mass is 32.2. The van der Waals surface area contributed by atoms with E-state index in [1.54, 1.807) is 6.26 Å². The largest absolute Gasteiger partial charge is 0.255 e. The molecular formula is C12H18OS. The van der Waals surface area contributed by atoms with E-state index >= 15 is 0 Å². The monoisotopic (exact) mass is 210 g/mol. The van der Waals surface area contributed by atoms with Gasteiger partial charge in [0.15, 0.2) is 0 Å². The summed E-state index contributed by atoms with van der Waals surface area (Å²) in [6.45, 7) is 2.20. The van der Waals surface area contributed by atoms with Crippen molar-refractivity contribution in [3.05, 3.63) is 29.8 Å². The Balaban J connectivity index is 2.69. The smallest absolute Gasteiger partial charge is 0.0500 e. The van der Waals surface area contributed by atoms with Crippen LogP contribution in [0.5, 0.6) is 0 Å². The van der Waals surface area contributed by atoms with E-state index in [2.05, 4.69) is 13.0 Å². The average Bonchev–Trinajstić information content (AvgIpc) is 2.19. The summed E-state index contributed by atoms with van der Waals surface area (Å²) in [6, 6.07) is 8.04. The van der Waals surface area contributed by atoms with Crippen molar-refractivity contribution in [2.24, 2.45) is 0 Å². The summed E-state index contributed by atoms with van der Waals surface area (Å²) >= 11 is 0. The standard InChI is InChI=1S/C12H18OS/c1-3-4-5-8-11-9-6-7-10-12(11)14(2)13/h6-7,9-10H,3-5,8H2,1-2H3. The lowest BCUT2D eigenvalue weighted by molar-refractivity contribution is 0.682. The zero-order chi connectivity index (χ0) is 10.4. The Morgan fingerprint density at radius 1 is 1.21 bits per heavy atom. The van der Waals surface area contributed by atoms with Crippen LogP contribution in [-0.2, 0) is 17.2 Å². The topological polar surface area (TPSA) is 17.1 Å². The second kappa shape index (κ2) is 5.97. The first-order valence-electron chi connectivity index (χ1n) is 5.17. The molecule has 0 saturated heterocycles. The van der Waals surface area contributed by atoms with Gasteiger partial charge < -0.3 is 0 Å². The van der Waals surface area contributed by atoms with Gasteiger partial charge in [-0.25, -0.2) is 0 Å². The number of benzene rings is 1. The van der Waals surface area contributed by atoms with E-state index in [0.29, 0.717) is 0 Å². The van der Waals surface area contributed by atoms with Crippen LogP contribution in [0.4, 0.5) is 0 Å². The quantitative estimate of drug-likeness (QED) is 0.682. The summed E-state index contributed by atoms with van der Waals surface area (Å²) in [4.78, 5) is 1.00. The third-order valence-electron chi connectivity index (χ3n) is 2.33. The Bertz CT molecular complexity index is 307. The van der Waals surface area contributed by atoms with Gasteiger partial charge >= 0.3 is 0 Å². The highest BCUT2D eigenvalue weighted by Gasteiger charge is 2.03. The molecular weight excluding hydrogens is 192 g/mol. The Labute approximate surface area is 89.0 Å². The first kappa shape index (κ1) is 11.4. The van der Waals surface area contributed by atoms with Crippen molar-refractivity contribution in [2.75, 3.05) is 6.26 Å². The van der Waals surface area contributed by atoms with Crippen molar-refractivity contribution >= 4 is 10.8 Å². The van der Waals surface area contributed by atoms with E-state index in [1.165, 1.54) is 24.8 Å². The maximum absolute atomic E-state index is 11.4. The molecule has 78 valence electrons. The number of rotatable bonds is 5. The van der Waals surface area contributed by atoms with Gasteiger partial charge in [0.05, 0.1) is 10.8 Å². The summed E-state index contributed by atoms with van der Waals surface area (Å²) in [5.74, 6) is 0. The molecule has 0 N–H and O–H groups in total. The van der Waals surface area contributed by atoms with Crippen LogP contribution in [0.25, 0.3) is 0 Å². The van der Waals surface area contributed by atoms with Crippen molar-refractivity contribution < 1.29 is 4.21 Å². The predicted octanol–water partition coefficient (Wildman–Crippen LogP) is 3.16. The van der Waals surface area contributed by atoms with Crippen LogP contribution in [0, 0.1) is 0 Å². The van der Waals surface area contributed by atoms with E-state index in [9.17, 15) is 4.21 Å². The minimum atomic E-state index is -0.846. The third-order valence-corrected chi connectivity index (χ3v) is 3.35. The van der Waals surface area contributed by atoms with Crippen molar-refractivity contribution in [3.8, 4) is 0 Å². The summed E-state index contributed by atoms with van der Waals surface area (Å²) < 4.78 is 11.4. The van der Waals surface area contributed by atoms with Gasteiger partial charge in [-0.15, -0.1) is 0 Å². The predicted molar refractivity (Wildman–Crippen MR) is 62.0 cm³/mol. The second-order valence-electron chi connectivity index (χ2n) is 3.52. The van der Waals surface area contributed by atoms with Crippen LogP contribution >= 0.6 is 0 Å². The fourth-order valence-corrected chi connectivity index (χ4v) is 2.37. The molecule has 0 radical (unpaired) electrons. The molecule has 0 spiro atoms. The molecule has 0 bridgehead atoms. The summed E-state index contributed by atoms with van der Waals surface area (Å²) in [5, 5.41) is 0. The van der Waals surface area contributed by atoms with Gasteiger partial charge in [-0.2, -0.15) is 0 Å². The first-order chi connectivity index (χ1) is 6.75. The van der Waals surface area contributed by atoms with E-state index < -0.39 is 10.8 Å². The molecule has 1 nitrogen and oxygen atoms in total. The zero-order valence-electron chi connectivity index (χ0n) is 8.95. The normalized spacial score (nSPS) is 12.7. The highest BCUT2D eigenvalue weighted by Crippen LogP contribution is 2.15. The van der Waals surface area contributed by atoms with Gasteiger partial charge in [0, 0.05) is 11.2 Å². The Morgan fingerprint density at radius 2 is 1.93 bits per heavy atom. The van der Waals surface area contributed by atoms with Gasteiger partial charge in [-0.05, 0) is 24.5 Å².